The summed E-state index contributed by atoms with van der Waals surface area (Å²) in [7, 11) is 0. The predicted octanol–water partition coefficient (Wildman–Crippen LogP) is 4.68. The average Bonchev–Trinajstić information content (AvgIpc) is 2.72. The van der Waals surface area contributed by atoms with Crippen molar-refractivity contribution >= 4 is 57.4 Å². The Bertz CT molecular complexity index is 1090. The van der Waals surface area contributed by atoms with E-state index < -0.39 is 23.4 Å². The highest BCUT2D eigenvalue weighted by Gasteiger charge is 2.14. The van der Waals surface area contributed by atoms with Crippen LogP contribution < -0.4 is 5.32 Å². The molecular weight excluding hydrogens is 416 g/mol. The predicted molar refractivity (Wildman–Crippen MR) is 112 cm³/mol. The van der Waals surface area contributed by atoms with Gasteiger partial charge in [0.2, 0.25) is 0 Å². The molecule has 9 heteroatoms. The van der Waals surface area contributed by atoms with Crippen molar-refractivity contribution in [1.82, 2.24) is 0 Å². The number of non-ortho nitro benzene ring substituents is 1. The molecule has 0 heterocycles. The van der Waals surface area contributed by atoms with E-state index in [1.54, 1.807) is 0 Å². The number of nitrogens with one attached hydrogen (secondary N) is 1. The van der Waals surface area contributed by atoms with E-state index >= 15 is 0 Å². The third-order valence-electron chi connectivity index (χ3n) is 3.88. The number of nitrogens with zero attached hydrogens (tertiary/aromatic N) is 1. The number of ether oxygens (including phenoxy) is 1. The first kappa shape index (κ1) is 20.6. The van der Waals surface area contributed by atoms with Crippen molar-refractivity contribution in [3.63, 3.8) is 0 Å². The summed E-state index contributed by atoms with van der Waals surface area (Å²) >= 11 is 7.22. The Morgan fingerprint density at radius 2 is 1.83 bits per heavy atom. The summed E-state index contributed by atoms with van der Waals surface area (Å²) in [5.41, 5.74) is -0.138. The Hall–Kier alpha value is -3.10. The van der Waals surface area contributed by atoms with Gasteiger partial charge in [0.05, 0.1) is 21.4 Å². The first-order valence-corrected chi connectivity index (χ1v) is 9.80. The molecule has 148 valence electrons. The number of nitro benzene ring substituents is 1. The molecule has 1 amide bonds. The number of carbonyl (C=O) groups excluding carboxylic acids is 2. The Kier molecular flexibility index (Phi) is 6.69. The molecule has 0 unspecified atom stereocenters. The topological polar surface area (TPSA) is 98.5 Å². The highest BCUT2D eigenvalue weighted by molar-refractivity contribution is 8.00. The number of thioether (sulfide) groups is 1. The molecular formula is C20H15ClN2O5S. The van der Waals surface area contributed by atoms with Crippen LogP contribution in [0.5, 0.6) is 0 Å². The molecule has 0 aliphatic rings. The van der Waals surface area contributed by atoms with Crippen LogP contribution >= 0.6 is 23.4 Å². The van der Waals surface area contributed by atoms with Crippen molar-refractivity contribution in [2.45, 2.75) is 4.90 Å². The lowest BCUT2D eigenvalue weighted by atomic mass is 10.1. The average molecular weight is 431 g/mol. The largest absolute Gasteiger partial charge is 0.455 e. The van der Waals surface area contributed by atoms with Gasteiger partial charge in [0, 0.05) is 17.0 Å². The van der Waals surface area contributed by atoms with Crippen molar-refractivity contribution < 1.29 is 19.2 Å². The molecule has 3 aromatic carbocycles. The molecule has 0 aliphatic heterocycles. The summed E-state index contributed by atoms with van der Waals surface area (Å²) in [5.74, 6) is -1.15. The lowest BCUT2D eigenvalue weighted by Crippen LogP contribution is -2.21. The molecule has 0 saturated carbocycles. The molecule has 0 bridgehead atoms. The standard InChI is InChI=1S/C20H15ClN2O5S/c21-17-8-6-15(23(26)27)10-18(17)22-19(24)11-28-20(25)12-29-16-7-5-13-3-1-2-4-14(13)9-16/h1-10H,11-12H2,(H,22,24). The Morgan fingerprint density at radius 3 is 2.59 bits per heavy atom. The van der Waals surface area contributed by atoms with Gasteiger partial charge in [-0.3, -0.25) is 19.7 Å². The first-order valence-electron chi connectivity index (χ1n) is 8.43. The number of fused-ring (bicyclic) bond motifs is 1. The number of rotatable bonds is 7. The fourth-order valence-electron chi connectivity index (χ4n) is 2.50. The van der Waals surface area contributed by atoms with E-state index in [1.807, 2.05) is 42.5 Å². The normalized spacial score (nSPS) is 10.5. The van der Waals surface area contributed by atoms with Gasteiger partial charge in [-0.1, -0.05) is 41.9 Å². The number of nitro groups is 1. The molecule has 29 heavy (non-hydrogen) atoms. The van der Waals surface area contributed by atoms with Crippen molar-refractivity contribution in [3.8, 4) is 0 Å². The van der Waals surface area contributed by atoms with Crippen LogP contribution in [0, 0.1) is 10.1 Å². The summed E-state index contributed by atoms with van der Waals surface area (Å²) in [6.45, 7) is -0.518. The molecule has 0 aromatic heterocycles. The Balaban J connectivity index is 1.49. The van der Waals surface area contributed by atoms with Crippen LogP contribution in [0.2, 0.25) is 5.02 Å². The molecule has 0 aliphatic carbocycles. The third-order valence-corrected chi connectivity index (χ3v) is 5.17. The maximum atomic E-state index is 11.9. The van der Waals surface area contributed by atoms with Gasteiger partial charge >= 0.3 is 5.97 Å². The van der Waals surface area contributed by atoms with Gasteiger partial charge in [-0.05, 0) is 29.0 Å². The summed E-state index contributed by atoms with van der Waals surface area (Å²) in [6, 6.07) is 17.4. The number of hydrogen-bond donors (Lipinski definition) is 1. The smallest absolute Gasteiger partial charge is 0.316 e. The van der Waals surface area contributed by atoms with Gasteiger partial charge < -0.3 is 10.1 Å². The highest BCUT2D eigenvalue weighted by Crippen LogP contribution is 2.27. The number of anilines is 1. The van der Waals surface area contributed by atoms with Crippen molar-refractivity contribution in [1.29, 1.82) is 0 Å². The van der Waals surface area contributed by atoms with E-state index in [0.717, 1.165) is 21.7 Å². The summed E-state index contributed by atoms with van der Waals surface area (Å²) in [4.78, 5) is 35.0. The molecule has 0 fully saturated rings. The van der Waals surface area contributed by atoms with Crippen LogP contribution in [-0.2, 0) is 14.3 Å². The van der Waals surface area contributed by atoms with Gasteiger partial charge in [0.15, 0.2) is 6.61 Å². The molecule has 0 radical (unpaired) electrons. The first-order chi connectivity index (χ1) is 13.9. The zero-order valence-corrected chi connectivity index (χ0v) is 16.5. The zero-order valence-electron chi connectivity index (χ0n) is 15.0. The van der Waals surface area contributed by atoms with E-state index in [1.165, 1.54) is 23.9 Å². The van der Waals surface area contributed by atoms with E-state index in [-0.39, 0.29) is 22.2 Å². The number of halogens is 1. The summed E-state index contributed by atoms with van der Waals surface area (Å²) < 4.78 is 4.95. The number of esters is 1. The second-order valence-corrected chi connectivity index (χ2v) is 7.38. The number of benzene rings is 3. The van der Waals surface area contributed by atoms with Crippen LogP contribution in [0.4, 0.5) is 11.4 Å². The fourth-order valence-corrected chi connectivity index (χ4v) is 3.40. The molecule has 0 saturated heterocycles. The van der Waals surface area contributed by atoms with E-state index in [2.05, 4.69) is 5.32 Å². The van der Waals surface area contributed by atoms with Crippen LogP contribution in [0.3, 0.4) is 0 Å². The van der Waals surface area contributed by atoms with Crippen LogP contribution in [0.1, 0.15) is 0 Å². The van der Waals surface area contributed by atoms with Crippen LogP contribution in [0.25, 0.3) is 10.8 Å². The van der Waals surface area contributed by atoms with Crippen molar-refractivity contribution in [2.24, 2.45) is 0 Å². The Morgan fingerprint density at radius 1 is 1.07 bits per heavy atom. The van der Waals surface area contributed by atoms with Gasteiger partial charge in [-0.15, -0.1) is 11.8 Å². The minimum atomic E-state index is -0.642. The molecule has 0 atom stereocenters. The number of carbonyl (C=O) groups is 2. The van der Waals surface area contributed by atoms with Gasteiger partial charge in [-0.25, -0.2) is 0 Å². The lowest BCUT2D eigenvalue weighted by Gasteiger charge is -2.08. The molecule has 0 spiro atoms. The maximum Gasteiger partial charge on any atom is 0.316 e. The van der Waals surface area contributed by atoms with Crippen LogP contribution in [-0.4, -0.2) is 29.2 Å². The Labute approximate surface area is 175 Å². The monoisotopic (exact) mass is 430 g/mol. The fraction of sp³-hybridized carbons (Fsp3) is 0.100. The second kappa shape index (κ2) is 9.40. The minimum absolute atomic E-state index is 0.0448. The molecule has 7 nitrogen and oxygen atoms in total. The summed E-state index contributed by atoms with van der Waals surface area (Å²) in [6.07, 6.45) is 0. The lowest BCUT2D eigenvalue weighted by molar-refractivity contribution is -0.384. The third kappa shape index (κ3) is 5.69. The highest BCUT2D eigenvalue weighted by atomic mass is 35.5. The SMILES string of the molecule is O=C(COC(=O)CSc1ccc2ccccc2c1)Nc1cc([N+](=O)[O-])ccc1Cl. The minimum Gasteiger partial charge on any atom is -0.455 e. The van der Waals surface area contributed by atoms with Gasteiger partial charge in [0.25, 0.3) is 11.6 Å². The number of amides is 1. The molecule has 3 rings (SSSR count). The molecule has 1 N–H and O–H groups in total. The van der Waals surface area contributed by atoms with E-state index in [0.29, 0.717) is 0 Å². The molecule has 3 aromatic rings. The maximum absolute atomic E-state index is 11.9. The van der Waals surface area contributed by atoms with Gasteiger partial charge in [-0.2, -0.15) is 0 Å². The van der Waals surface area contributed by atoms with Crippen LogP contribution in [0.15, 0.2) is 65.6 Å². The van der Waals surface area contributed by atoms with Crippen molar-refractivity contribution in [2.75, 3.05) is 17.7 Å². The van der Waals surface area contributed by atoms with Gasteiger partial charge in [0.1, 0.15) is 0 Å². The van der Waals surface area contributed by atoms with E-state index in [4.69, 9.17) is 16.3 Å². The van der Waals surface area contributed by atoms with E-state index in [9.17, 15) is 19.7 Å². The second-order valence-electron chi connectivity index (χ2n) is 5.93. The number of hydrogen-bond acceptors (Lipinski definition) is 6. The van der Waals surface area contributed by atoms with Crippen molar-refractivity contribution in [3.05, 3.63) is 75.8 Å². The summed E-state index contributed by atoms with van der Waals surface area (Å²) in [5, 5.41) is 15.5. The zero-order chi connectivity index (χ0) is 20.8. The quantitative estimate of drug-likeness (QED) is 0.253.